The summed E-state index contributed by atoms with van der Waals surface area (Å²) in [5.41, 5.74) is 1.35. The van der Waals surface area contributed by atoms with Crippen LogP contribution in [0.4, 0.5) is 5.69 Å². The zero-order valence-electron chi connectivity index (χ0n) is 14.8. The second-order valence-corrected chi connectivity index (χ2v) is 9.34. The van der Waals surface area contributed by atoms with Crippen LogP contribution in [0.3, 0.4) is 0 Å². The van der Waals surface area contributed by atoms with Gasteiger partial charge in [0.25, 0.3) is 10.0 Å². The van der Waals surface area contributed by atoms with Gasteiger partial charge in [0.2, 0.25) is 5.91 Å². The fraction of sp³-hybridized carbons (Fsp3) is 0.389. The summed E-state index contributed by atoms with van der Waals surface area (Å²) in [5, 5.41) is 5.09. The molecule has 1 aromatic heterocycles. The third-order valence-corrected chi connectivity index (χ3v) is 7.45. The van der Waals surface area contributed by atoms with Crippen LogP contribution in [-0.2, 0) is 21.2 Å². The molecule has 140 valence electrons. The fourth-order valence-electron chi connectivity index (χ4n) is 3.00. The Balaban J connectivity index is 1.64. The maximum absolute atomic E-state index is 12.6. The first-order valence-corrected chi connectivity index (χ1v) is 10.9. The number of piperazine rings is 1. The quantitative estimate of drug-likeness (QED) is 0.817. The number of anilines is 1. The Morgan fingerprint density at radius 1 is 1.27 bits per heavy atom. The third kappa shape index (κ3) is 4.25. The molecule has 2 N–H and O–H groups in total. The lowest BCUT2D eigenvalue weighted by Gasteiger charge is -2.38. The molecule has 0 bridgehead atoms. The first-order chi connectivity index (χ1) is 12.4. The fourth-order valence-corrected chi connectivity index (χ4v) is 5.05. The molecule has 2 heterocycles. The lowest BCUT2D eigenvalue weighted by atomic mass is 10.0. The lowest BCUT2D eigenvalue weighted by molar-refractivity contribution is -0.134. The number of amides is 1. The third-order valence-electron chi connectivity index (χ3n) is 4.68. The molecule has 26 heavy (non-hydrogen) atoms. The van der Waals surface area contributed by atoms with E-state index in [0.29, 0.717) is 18.7 Å². The van der Waals surface area contributed by atoms with Crippen LogP contribution in [-0.4, -0.2) is 44.4 Å². The zero-order valence-corrected chi connectivity index (χ0v) is 16.4. The van der Waals surface area contributed by atoms with Gasteiger partial charge in [0.1, 0.15) is 4.21 Å². The van der Waals surface area contributed by atoms with Crippen LogP contribution < -0.4 is 10.0 Å². The second-order valence-electron chi connectivity index (χ2n) is 6.48. The molecule has 0 radical (unpaired) electrons. The van der Waals surface area contributed by atoms with Gasteiger partial charge in [0, 0.05) is 30.9 Å². The average molecular weight is 394 g/mol. The van der Waals surface area contributed by atoms with Crippen LogP contribution in [0.5, 0.6) is 0 Å². The minimum atomic E-state index is -3.55. The molecule has 1 fully saturated rings. The van der Waals surface area contributed by atoms with E-state index in [1.54, 1.807) is 41.8 Å². The van der Waals surface area contributed by atoms with E-state index in [-0.39, 0.29) is 22.2 Å². The van der Waals surface area contributed by atoms with E-state index in [9.17, 15) is 13.2 Å². The number of hydrogen-bond donors (Lipinski definition) is 2. The maximum Gasteiger partial charge on any atom is 0.271 e. The van der Waals surface area contributed by atoms with Crippen LogP contribution in [0.15, 0.2) is 46.0 Å². The van der Waals surface area contributed by atoms with E-state index in [4.69, 9.17) is 0 Å². The molecule has 3 rings (SSSR count). The standard InChI is InChI=1S/C18H23N3O3S2/c1-13-14(2)21(10-9-19-13)17(22)12-15-5-7-16(8-6-15)20-26(23,24)18-4-3-11-25-18/h3-8,11,13-14,19-20H,9-10,12H2,1-2H3. The smallest absolute Gasteiger partial charge is 0.271 e. The SMILES string of the molecule is CC1NCCN(C(=O)Cc2ccc(NS(=O)(=O)c3cccs3)cc2)C1C. The van der Waals surface area contributed by atoms with E-state index >= 15 is 0 Å². The molecular formula is C18H23N3O3S2. The molecule has 1 amide bonds. The van der Waals surface area contributed by atoms with Crippen LogP contribution in [0.2, 0.25) is 0 Å². The Hall–Kier alpha value is -1.90. The lowest BCUT2D eigenvalue weighted by Crippen LogP contribution is -2.57. The van der Waals surface area contributed by atoms with Gasteiger partial charge in [-0.25, -0.2) is 8.42 Å². The van der Waals surface area contributed by atoms with Gasteiger partial charge < -0.3 is 10.2 Å². The highest BCUT2D eigenvalue weighted by molar-refractivity contribution is 7.94. The molecule has 0 spiro atoms. The van der Waals surface area contributed by atoms with Crippen molar-refractivity contribution in [1.82, 2.24) is 10.2 Å². The van der Waals surface area contributed by atoms with Gasteiger partial charge in [0.05, 0.1) is 6.42 Å². The molecule has 1 aliphatic heterocycles. The summed E-state index contributed by atoms with van der Waals surface area (Å²) in [6.07, 6.45) is 0.314. The topological polar surface area (TPSA) is 78.5 Å². The number of carbonyl (C=O) groups excluding carboxylic acids is 1. The Morgan fingerprint density at radius 2 is 2.00 bits per heavy atom. The minimum Gasteiger partial charge on any atom is -0.337 e. The highest BCUT2D eigenvalue weighted by atomic mass is 32.2. The second kappa shape index (κ2) is 7.77. The van der Waals surface area contributed by atoms with Crippen LogP contribution in [0, 0.1) is 0 Å². The van der Waals surface area contributed by atoms with Gasteiger partial charge in [-0.05, 0) is 43.0 Å². The molecule has 1 saturated heterocycles. The number of nitrogens with zero attached hydrogens (tertiary/aromatic N) is 1. The number of sulfonamides is 1. The van der Waals surface area contributed by atoms with E-state index in [1.807, 2.05) is 4.90 Å². The van der Waals surface area contributed by atoms with Gasteiger partial charge in [-0.3, -0.25) is 9.52 Å². The first kappa shape index (κ1) is 18.9. The molecule has 0 aliphatic carbocycles. The summed E-state index contributed by atoms with van der Waals surface area (Å²) >= 11 is 1.17. The summed E-state index contributed by atoms with van der Waals surface area (Å²) in [5.74, 6) is 0.0952. The van der Waals surface area contributed by atoms with Crippen LogP contribution in [0.1, 0.15) is 19.4 Å². The van der Waals surface area contributed by atoms with E-state index in [0.717, 1.165) is 12.1 Å². The Kier molecular flexibility index (Phi) is 5.64. The molecule has 0 saturated carbocycles. The van der Waals surface area contributed by atoms with Crippen molar-refractivity contribution in [2.24, 2.45) is 0 Å². The zero-order chi connectivity index (χ0) is 18.7. The number of rotatable bonds is 5. The van der Waals surface area contributed by atoms with Crippen molar-refractivity contribution >= 4 is 33.0 Å². The summed E-state index contributed by atoms with van der Waals surface area (Å²) < 4.78 is 27.3. The summed E-state index contributed by atoms with van der Waals surface area (Å²) in [6, 6.07) is 10.7. The van der Waals surface area contributed by atoms with Crippen molar-refractivity contribution < 1.29 is 13.2 Å². The largest absolute Gasteiger partial charge is 0.337 e. The van der Waals surface area contributed by atoms with Gasteiger partial charge >= 0.3 is 0 Å². The van der Waals surface area contributed by atoms with E-state index in [2.05, 4.69) is 23.9 Å². The molecule has 2 atom stereocenters. The van der Waals surface area contributed by atoms with Crippen molar-refractivity contribution in [2.45, 2.75) is 36.6 Å². The van der Waals surface area contributed by atoms with Gasteiger partial charge in [-0.15, -0.1) is 11.3 Å². The van der Waals surface area contributed by atoms with Gasteiger partial charge in [-0.1, -0.05) is 18.2 Å². The van der Waals surface area contributed by atoms with Crippen molar-refractivity contribution in [2.75, 3.05) is 17.8 Å². The number of carbonyl (C=O) groups is 1. The Labute approximate surface area is 158 Å². The maximum atomic E-state index is 12.6. The molecule has 2 aromatic rings. The number of nitrogens with one attached hydrogen (secondary N) is 2. The summed E-state index contributed by atoms with van der Waals surface area (Å²) in [7, 11) is -3.55. The number of thiophene rings is 1. The Bertz CT molecular complexity index is 848. The highest BCUT2D eigenvalue weighted by Crippen LogP contribution is 2.21. The van der Waals surface area contributed by atoms with Crippen molar-refractivity contribution in [3.8, 4) is 0 Å². The van der Waals surface area contributed by atoms with Crippen molar-refractivity contribution in [1.29, 1.82) is 0 Å². The first-order valence-electron chi connectivity index (χ1n) is 8.55. The van der Waals surface area contributed by atoms with Crippen molar-refractivity contribution in [3.05, 3.63) is 47.3 Å². The average Bonchev–Trinajstić information content (AvgIpc) is 3.14. The monoisotopic (exact) mass is 393 g/mol. The molecule has 2 unspecified atom stereocenters. The van der Waals surface area contributed by atoms with Gasteiger partial charge in [0.15, 0.2) is 0 Å². The Morgan fingerprint density at radius 3 is 2.65 bits per heavy atom. The molecular weight excluding hydrogens is 370 g/mol. The molecule has 1 aliphatic rings. The number of hydrogen-bond acceptors (Lipinski definition) is 5. The van der Waals surface area contributed by atoms with E-state index < -0.39 is 10.0 Å². The predicted octanol–water partition coefficient (Wildman–Crippen LogP) is 2.30. The highest BCUT2D eigenvalue weighted by Gasteiger charge is 2.27. The predicted molar refractivity (Wildman–Crippen MR) is 104 cm³/mol. The number of benzene rings is 1. The van der Waals surface area contributed by atoms with Crippen LogP contribution >= 0.6 is 11.3 Å². The summed E-state index contributed by atoms with van der Waals surface area (Å²) in [4.78, 5) is 14.5. The summed E-state index contributed by atoms with van der Waals surface area (Å²) in [6.45, 7) is 5.65. The molecule has 1 aromatic carbocycles. The minimum absolute atomic E-state index is 0.0952. The van der Waals surface area contributed by atoms with Gasteiger partial charge in [-0.2, -0.15) is 0 Å². The normalized spacial score (nSPS) is 20.8. The molecule has 8 heteroatoms. The van der Waals surface area contributed by atoms with Crippen LogP contribution in [0.25, 0.3) is 0 Å². The van der Waals surface area contributed by atoms with Crippen molar-refractivity contribution in [3.63, 3.8) is 0 Å². The molecule has 6 nitrogen and oxygen atoms in total. The van der Waals surface area contributed by atoms with E-state index in [1.165, 1.54) is 11.3 Å².